The molecule has 2 rings (SSSR count). The minimum Gasteiger partial charge on any atom is -0.380 e. The molecule has 2 nitrogen and oxygen atoms in total. The summed E-state index contributed by atoms with van der Waals surface area (Å²) in [4.78, 5) is 0. The molecule has 1 atom stereocenters. The third kappa shape index (κ3) is 2.39. The average molecular weight is 205 g/mol. The van der Waals surface area contributed by atoms with Crippen molar-refractivity contribution in [1.29, 1.82) is 0 Å². The van der Waals surface area contributed by atoms with Crippen LogP contribution >= 0.6 is 0 Å². The van der Waals surface area contributed by atoms with Crippen molar-refractivity contribution in [2.75, 3.05) is 19.8 Å². The predicted molar refractivity (Wildman–Crippen MR) is 62.1 cm³/mol. The first-order valence-corrected chi connectivity index (χ1v) is 5.69. The van der Waals surface area contributed by atoms with Crippen LogP contribution in [0.4, 0.5) is 0 Å². The molecule has 0 aliphatic carbocycles. The summed E-state index contributed by atoms with van der Waals surface area (Å²) in [5.41, 5.74) is 8.36. The van der Waals surface area contributed by atoms with Crippen LogP contribution in [0.15, 0.2) is 24.3 Å². The Bertz CT molecular complexity index is 303. The first-order valence-electron chi connectivity index (χ1n) is 5.69. The van der Waals surface area contributed by atoms with Crippen molar-refractivity contribution in [2.45, 2.75) is 25.2 Å². The highest BCUT2D eigenvalue weighted by atomic mass is 16.5. The lowest BCUT2D eigenvalue weighted by Crippen LogP contribution is -2.24. The van der Waals surface area contributed by atoms with Crippen molar-refractivity contribution in [3.05, 3.63) is 35.4 Å². The lowest BCUT2D eigenvalue weighted by Gasteiger charge is -2.26. The molecule has 1 aliphatic heterocycles. The minimum absolute atomic E-state index is 0.571. The summed E-state index contributed by atoms with van der Waals surface area (Å²) >= 11 is 0. The van der Waals surface area contributed by atoms with Crippen LogP contribution in [0.3, 0.4) is 0 Å². The van der Waals surface area contributed by atoms with Gasteiger partial charge in [0.25, 0.3) is 0 Å². The van der Waals surface area contributed by atoms with Gasteiger partial charge in [-0.05, 0) is 30.0 Å². The zero-order valence-corrected chi connectivity index (χ0v) is 9.28. The molecule has 0 spiro atoms. The van der Waals surface area contributed by atoms with E-state index in [2.05, 4.69) is 31.2 Å². The minimum atomic E-state index is 0.571. The summed E-state index contributed by atoms with van der Waals surface area (Å²) in [5, 5.41) is 0. The number of hydrogen-bond acceptors (Lipinski definition) is 2. The van der Waals surface area contributed by atoms with E-state index in [0.29, 0.717) is 11.8 Å². The van der Waals surface area contributed by atoms with Crippen LogP contribution in [0.2, 0.25) is 0 Å². The topological polar surface area (TPSA) is 35.2 Å². The SMILES string of the molecule is CC(CCN)c1ccc(C2COC2)cc1. The van der Waals surface area contributed by atoms with Crippen LogP contribution in [-0.2, 0) is 4.74 Å². The maximum Gasteiger partial charge on any atom is 0.0557 e. The van der Waals surface area contributed by atoms with Crippen LogP contribution in [-0.4, -0.2) is 19.8 Å². The molecule has 82 valence electrons. The maximum atomic E-state index is 5.56. The van der Waals surface area contributed by atoms with Gasteiger partial charge in [0.2, 0.25) is 0 Å². The third-order valence-corrected chi connectivity index (χ3v) is 3.21. The van der Waals surface area contributed by atoms with E-state index in [0.717, 1.165) is 26.2 Å². The molecule has 1 saturated heterocycles. The molecule has 0 bridgehead atoms. The van der Waals surface area contributed by atoms with Gasteiger partial charge in [0, 0.05) is 5.92 Å². The van der Waals surface area contributed by atoms with Gasteiger partial charge in [0.15, 0.2) is 0 Å². The average Bonchev–Trinajstić information content (AvgIpc) is 2.16. The van der Waals surface area contributed by atoms with Gasteiger partial charge in [-0.3, -0.25) is 0 Å². The third-order valence-electron chi connectivity index (χ3n) is 3.21. The first kappa shape index (κ1) is 10.7. The Morgan fingerprint density at radius 2 is 2.00 bits per heavy atom. The lowest BCUT2D eigenvalue weighted by atomic mass is 9.92. The number of ether oxygens (including phenoxy) is 1. The predicted octanol–water partition coefficient (Wildman–Crippen LogP) is 2.25. The van der Waals surface area contributed by atoms with E-state index in [1.165, 1.54) is 11.1 Å². The summed E-state index contributed by atoms with van der Waals surface area (Å²) in [6.07, 6.45) is 1.06. The summed E-state index contributed by atoms with van der Waals surface area (Å²) in [6.45, 7) is 4.77. The molecule has 0 amide bonds. The fourth-order valence-corrected chi connectivity index (χ4v) is 1.94. The van der Waals surface area contributed by atoms with Crippen molar-refractivity contribution in [2.24, 2.45) is 5.73 Å². The van der Waals surface area contributed by atoms with Gasteiger partial charge in [0.1, 0.15) is 0 Å². The quantitative estimate of drug-likeness (QED) is 0.818. The summed E-state index contributed by atoms with van der Waals surface area (Å²) in [7, 11) is 0. The number of hydrogen-bond donors (Lipinski definition) is 1. The van der Waals surface area contributed by atoms with Crippen LogP contribution in [0.5, 0.6) is 0 Å². The van der Waals surface area contributed by atoms with E-state index in [-0.39, 0.29) is 0 Å². The largest absolute Gasteiger partial charge is 0.380 e. The van der Waals surface area contributed by atoms with Gasteiger partial charge in [-0.25, -0.2) is 0 Å². The van der Waals surface area contributed by atoms with Gasteiger partial charge in [-0.1, -0.05) is 31.2 Å². The van der Waals surface area contributed by atoms with Crippen molar-refractivity contribution < 1.29 is 4.74 Å². The fraction of sp³-hybridized carbons (Fsp3) is 0.538. The molecule has 2 N–H and O–H groups in total. The van der Waals surface area contributed by atoms with Gasteiger partial charge in [-0.2, -0.15) is 0 Å². The Hall–Kier alpha value is -0.860. The Morgan fingerprint density at radius 1 is 1.33 bits per heavy atom. The van der Waals surface area contributed by atoms with E-state index in [1.807, 2.05) is 0 Å². The molecular formula is C13H19NO. The highest BCUT2D eigenvalue weighted by Crippen LogP contribution is 2.26. The Morgan fingerprint density at radius 3 is 2.47 bits per heavy atom. The van der Waals surface area contributed by atoms with Gasteiger partial charge >= 0.3 is 0 Å². The molecule has 1 aliphatic rings. The second-order valence-corrected chi connectivity index (χ2v) is 4.38. The first-order chi connectivity index (χ1) is 7.31. The second-order valence-electron chi connectivity index (χ2n) is 4.38. The molecule has 1 aromatic rings. The molecule has 2 heteroatoms. The molecule has 1 unspecified atom stereocenters. The summed E-state index contributed by atoms with van der Waals surface area (Å²) in [5.74, 6) is 1.20. The molecule has 1 heterocycles. The smallest absolute Gasteiger partial charge is 0.0557 e. The van der Waals surface area contributed by atoms with Crippen LogP contribution in [0, 0.1) is 0 Å². The highest BCUT2D eigenvalue weighted by molar-refractivity contribution is 5.28. The van der Waals surface area contributed by atoms with Gasteiger partial charge in [0.05, 0.1) is 13.2 Å². The Balaban J connectivity index is 2.02. The highest BCUT2D eigenvalue weighted by Gasteiger charge is 2.20. The standard InChI is InChI=1S/C13H19NO/c1-10(6-7-14)11-2-4-12(5-3-11)13-8-15-9-13/h2-5,10,13H,6-9,14H2,1H3. The second kappa shape index (κ2) is 4.77. The number of nitrogens with two attached hydrogens (primary N) is 1. The van der Waals surface area contributed by atoms with Crippen LogP contribution < -0.4 is 5.73 Å². The van der Waals surface area contributed by atoms with E-state index >= 15 is 0 Å². The van der Waals surface area contributed by atoms with Gasteiger partial charge < -0.3 is 10.5 Å². The van der Waals surface area contributed by atoms with E-state index in [4.69, 9.17) is 10.5 Å². The Kier molecular flexibility index (Phi) is 3.39. The molecule has 1 aromatic carbocycles. The molecule has 15 heavy (non-hydrogen) atoms. The number of benzene rings is 1. The molecular weight excluding hydrogens is 186 g/mol. The monoisotopic (exact) mass is 205 g/mol. The van der Waals surface area contributed by atoms with E-state index in [9.17, 15) is 0 Å². The van der Waals surface area contributed by atoms with Crippen LogP contribution in [0.1, 0.15) is 36.3 Å². The molecule has 0 saturated carbocycles. The van der Waals surface area contributed by atoms with E-state index in [1.54, 1.807) is 0 Å². The lowest BCUT2D eigenvalue weighted by molar-refractivity contribution is 0.00841. The fourth-order valence-electron chi connectivity index (χ4n) is 1.94. The summed E-state index contributed by atoms with van der Waals surface area (Å²) in [6, 6.07) is 8.92. The van der Waals surface area contributed by atoms with Crippen LogP contribution in [0.25, 0.3) is 0 Å². The van der Waals surface area contributed by atoms with Crippen molar-refractivity contribution >= 4 is 0 Å². The molecule has 0 aromatic heterocycles. The zero-order valence-electron chi connectivity index (χ0n) is 9.28. The van der Waals surface area contributed by atoms with Gasteiger partial charge in [-0.15, -0.1) is 0 Å². The van der Waals surface area contributed by atoms with Crippen molar-refractivity contribution in [3.63, 3.8) is 0 Å². The van der Waals surface area contributed by atoms with E-state index < -0.39 is 0 Å². The van der Waals surface area contributed by atoms with Crippen molar-refractivity contribution in [1.82, 2.24) is 0 Å². The summed E-state index contributed by atoms with van der Waals surface area (Å²) < 4.78 is 5.19. The maximum absolute atomic E-state index is 5.56. The number of rotatable bonds is 4. The van der Waals surface area contributed by atoms with Crippen molar-refractivity contribution in [3.8, 4) is 0 Å². The molecule has 1 fully saturated rings. The normalized spacial score (nSPS) is 18.5. The molecule has 0 radical (unpaired) electrons. The Labute approximate surface area is 91.4 Å². The zero-order chi connectivity index (χ0) is 10.7.